The molecule has 110 valence electrons. The van der Waals surface area contributed by atoms with Crippen LogP contribution in [-0.4, -0.2) is 11.9 Å². The van der Waals surface area contributed by atoms with Crippen molar-refractivity contribution in [2.75, 3.05) is 11.1 Å². The number of rotatable bonds is 4. The molecule has 1 aliphatic rings. The summed E-state index contributed by atoms with van der Waals surface area (Å²) in [6.45, 7) is 2.24. The van der Waals surface area contributed by atoms with E-state index in [4.69, 9.17) is 23.1 Å². The van der Waals surface area contributed by atoms with Gasteiger partial charge in [0.05, 0.1) is 16.3 Å². The van der Waals surface area contributed by atoms with Crippen LogP contribution in [0.3, 0.4) is 0 Å². The minimum Gasteiger partial charge on any atom is -0.399 e. The number of carbonyl (C=O) groups excluding carboxylic acids is 1. The van der Waals surface area contributed by atoms with Crippen molar-refractivity contribution in [2.45, 2.75) is 45.1 Å². The second-order valence-corrected chi connectivity index (χ2v) is 5.97. The first kappa shape index (κ1) is 15.0. The first-order valence-electron chi connectivity index (χ1n) is 7.16. The van der Waals surface area contributed by atoms with Gasteiger partial charge in [-0.2, -0.15) is 0 Å². The number of nitrogens with two attached hydrogens (primary N) is 2. The van der Waals surface area contributed by atoms with Crippen LogP contribution in [0.2, 0.25) is 5.02 Å². The van der Waals surface area contributed by atoms with Gasteiger partial charge in [0, 0.05) is 11.7 Å². The molecule has 0 unspecified atom stereocenters. The predicted octanol–water partition coefficient (Wildman–Crippen LogP) is 3.40. The SMILES string of the molecule is CCC1CCC(Nc2c(Cl)cc(N)cc2C(N)=O)CC1. The maximum absolute atomic E-state index is 11.5. The van der Waals surface area contributed by atoms with Crippen LogP contribution >= 0.6 is 11.6 Å². The zero-order valence-corrected chi connectivity index (χ0v) is 12.5. The summed E-state index contributed by atoms with van der Waals surface area (Å²) < 4.78 is 0. The highest BCUT2D eigenvalue weighted by Gasteiger charge is 2.22. The van der Waals surface area contributed by atoms with Crippen LogP contribution in [0.4, 0.5) is 11.4 Å². The Balaban J connectivity index is 2.15. The van der Waals surface area contributed by atoms with E-state index in [0.29, 0.717) is 28.0 Å². The molecule has 1 saturated carbocycles. The molecular formula is C15H22ClN3O. The summed E-state index contributed by atoms with van der Waals surface area (Å²) in [5.41, 5.74) is 12.6. The second kappa shape index (κ2) is 6.35. The third-order valence-corrected chi connectivity index (χ3v) is 4.45. The zero-order valence-electron chi connectivity index (χ0n) is 11.8. The molecule has 4 nitrogen and oxygen atoms in total. The highest BCUT2D eigenvalue weighted by molar-refractivity contribution is 6.34. The van der Waals surface area contributed by atoms with Gasteiger partial charge in [-0.25, -0.2) is 0 Å². The maximum Gasteiger partial charge on any atom is 0.250 e. The Kier molecular flexibility index (Phi) is 4.76. The molecule has 0 aromatic heterocycles. The van der Waals surface area contributed by atoms with Crippen LogP contribution in [0.25, 0.3) is 0 Å². The molecule has 1 fully saturated rings. The van der Waals surface area contributed by atoms with E-state index in [2.05, 4.69) is 12.2 Å². The predicted molar refractivity (Wildman–Crippen MR) is 84.0 cm³/mol. The van der Waals surface area contributed by atoms with Crippen LogP contribution in [0.15, 0.2) is 12.1 Å². The number of primary amides is 1. The molecule has 1 amide bonds. The van der Waals surface area contributed by atoms with Crippen LogP contribution in [0, 0.1) is 5.92 Å². The molecule has 1 aromatic rings. The van der Waals surface area contributed by atoms with Gasteiger partial charge in [0.1, 0.15) is 0 Å². The number of nitrogen functional groups attached to an aromatic ring is 1. The number of carbonyl (C=O) groups is 1. The topological polar surface area (TPSA) is 81.1 Å². The summed E-state index contributed by atoms with van der Waals surface area (Å²) in [6, 6.07) is 3.57. The van der Waals surface area contributed by atoms with E-state index < -0.39 is 5.91 Å². The maximum atomic E-state index is 11.5. The molecular weight excluding hydrogens is 274 g/mol. The monoisotopic (exact) mass is 295 g/mol. The second-order valence-electron chi connectivity index (χ2n) is 5.56. The molecule has 0 aliphatic heterocycles. The third kappa shape index (κ3) is 3.37. The van der Waals surface area contributed by atoms with E-state index in [1.807, 2.05) is 0 Å². The van der Waals surface area contributed by atoms with Gasteiger partial charge in [0.25, 0.3) is 5.91 Å². The molecule has 20 heavy (non-hydrogen) atoms. The Hall–Kier alpha value is -1.42. The van der Waals surface area contributed by atoms with E-state index in [1.54, 1.807) is 12.1 Å². The lowest BCUT2D eigenvalue weighted by Gasteiger charge is -2.30. The van der Waals surface area contributed by atoms with Crippen molar-refractivity contribution >= 4 is 28.9 Å². The molecule has 0 radical (unpaired) electrons. The molecule has 0 heterocycles. The number of halogens is 1. The van der Waals surface area contributed by atoms with E-state index in [1.165, 1.54) is 19.3 Å². The number of amides is 1. The Morgan fingerprint density at radius 3 is 2.55 bits per heavy atom. The van der Waals surface area contributed by atoms with E-state index in [9.17, 15) is 4.79 Å². The lowest BCUT2D eigenvalue weighted by Crippen LogP contribution is -2.27. The van der Waals surface area contributed by atoms with Crippen molar-refractivity contribution in [3.8, 4) is 0 Å². The van der Waals surface area contributed by atoms with Crippen molar-refractivity contribution < 1.29 is 4.79 Å². The van der Waals surface area contributed by atoms with E-state index in [0.717, 1.165) is 18.8 Å². The van der Waals surface area contributed by atoms with Crippen molar-refractivity contribution in [1.29, 1.82) is 0 Å². The Morgan fingerprint density at radius 2 is 2.00 bits per heavy atom. The van der Waals surface area contributed by atoms with Crippen LogP contribution in [-0.2, 0) is 0 Å². The van der Waals surface area contributed by atoms with Gasteiger partial charge in [0.2, 0.25) is 0 Å². The highest BCUT2D eigenvalue weighted by Crippen LogP contribution is 2.33. The first-order chi connectivity index (χ1) is 9.51. The lowest BCUT2D eigenvalue weighted by atomic mass is 9.84. The van der Waals surface area contributed by atoms with Crippen molar-refractivity contribution in [3.63, 3.8) is 0 Å². The fraction of sp³-hybridized carbons (Fsp3) is 0.533. The fourth-order valence-corrected chi connectivity index (χ4v) is 3.17. The first-order valence-corrected chi connectivity index (χ1v) is 7.54. The molecule has 1 aromatic carbocycles. The van der Waals surface area contributed by atoms with Gasteiger partial charge < -0.3 is 16.8 Å². The minimum absolute atomic E-state index is 0.344. The average molecular weight is 296 g/mol. The largest absolute Gasteiger partial charge is 0.399 e. The molecule has 0 spiro atoms. The van der Waals surface area contributed by atoms with Gasteiger partial charge in [-0.15, -0.1) is 0 Å². The molecule has 5 N–H and O–H groups in total. The molecule has 0 atom stereocenters. The molecule has 5 heteroatoms. The van der Waals surface area contributed by atoms with E-state index >= 15 is 0 Å². The Morgan fingerprint density at radius 1 is 1.35 bits per heavy atom. The summed E-state index contributed by atoms with van der Waals surface area (Å²) in [5.74, 6) is 0.314. The summed E-state index contributed by atoms with van der Waals surface area (Å²) in [6.07, 6.45) is 5.86. The smallest absolute Gasteiger partial charge is 0.250 e. The summed E-state index contributed by atoms with van der Waals surface area (Å²) >= 11 is 6.20. The summed E-state index contributed by atoms with van der Waals surface area (Å²) in [7, 11) is 0. The van der Waals surface area contributed by atoms with Crippen molar-refractivity contribution in [3.05, 3.63) is 22.7 Å². The normalized spacial score (nSPS) is 22.5. The average Bonchev–Trinajstić information content (AvgIpc) is 2.42. The van der Waals surface area contributed by atoms with Crippen molar-refractivity contribution in [1.82, 2.24) is 0 Å². The molecule has 0 bridgehead atoms. The zero-order chi connectivity index (χ0) is 14.7. The minimum atomic E-state index is -0.510. The number of benzene rings is 1. The molecule has 0 saturated heterocycles. The summed E-state index contributed by atoms with van der Waals surface area (Å²) in [4.78, 5) is 11.5. The molecule has 1 aliphatic carbocycles. The van der Waals surface area contributed by atoms with Gasteiger partial charge in [-0.3, -0.25) is 4.79 Å². The quantitative estimate of drug-likeness (QED) is 0.745. The number of nitrogens with one attached hydrogen (secondary N) is 1. The standard InChI is InChI=1S/C15H22ClN3O/c1-2-9-3-5-11(6-4-9)19-14-12(15(18)20)7-10(17)8-13(14)16/h7-9,11,19H,2-6,17H2,1H3,(H2,18,20). The number of anilines is 2. The van der Waals surface area contributed by atoms with Gasteiger partial charge in [-0.05, 0) is 43.7 Å². The van der Waals surface area contributed by atoms with Crippen LogP contribution in [0.1, 0.15) is 49.4 Å². The number of hydrogen-bond acceptors (Lipinski definition) is 3. The van der Waals surface area contributed by atoms with Gasteiger partial charge >= 0.3 is 0 Å². The molecule has 2 rings (SSSR count). The van der Waals surface area contributed by atoms with Crippen LogP contribution in [0.5, 0.6) is 0 Å². The Labute approximate surface area is 124 Å². The number of hydrogen-bond donors (Lipinski definition) is 3. The van der Waals surface area contributed by atoms with Gasteiger partial charge in [-0.1, -0.05) is 24.9 Å². The Bertz CT molecular complexity index is 496. The fourth-order valence-electron chi connectivity index (χ4n) is 2.89. The van der Waals surface area contributed by atoms with Crippen LogP contribution < -0.4 is 16.8 Å². The van der Waals surface area contributed by atoms with E-state index in [-0.39, 0.29) is 0 Å². The van der Waals surface area contributed by atoms with Gasteiger partial charge in [0.15, 0.2) is 0 Å². The van der Waals surface area contributed by atoms with Crippen molar-refractivity contribution in [2.24, 2.45) is 11.7 Å². The highest BCUT2D eigenvalue weighted by atomic mass is 35.5. The third-order valence-electron chi connectivity index (χ3n) is 4.15. The lowest BCUT2D eigenvalue weighted by molar-refractivity contribution is 0.100. The summed E-state index contributed by atoms with van der Waals surface area (Å²) in [5, 5.41) is 3.84.